The summed E-state index contributed by atoms with van der Waals surface area (Å²) in [6, 6.07) is 8.40. The lowest BCUT2D eigenvalue weighted by Crippen LogP contribution is -2.01. The Labute approximate surface area is 91.3 Å². The van der Waals surface area contributed by atoms with Gasteiger partial charge in [-0.2, -0.15) is 0 Å². The van der Waals surface area contributed by atoms with Crippen molar-refractivity contribution < 1.29 is 4.57 Å². The molecule has 15 heavy (non-hydrogen) atoms. The van der Waals surface area contributed by atoms with E-state index in [-0.39, 0.29) is 8.46 Å². The van der Waals surface area contributed by atoms with Crippen molar-refractivity contribution >= 4 is 24.5 Å². The van der Waals surface area contributed by atoms with Crippen LogP contribution in [-0.2, 0) is 4.57 Å². The molecule has 2 rings (SSSR count). The average Bonchev–Trinajstić information content (AvgIpc) is 2.18. The summed E-state index contributed by atoms with van der Waals surface area (Å²) in [4.78, 5) is 0. The summed E-state index contributed by atoms with van der Waals surface area (Å²) in [5.74, 6) is 0. The van der Waals surface area contributed by atoms with Gasteiger partial charge in [-0.25, -0.2) is 0 Å². The van der Waals surface area contributed by atoms with Gasteiger partial charge < -0.3 is 0 Å². The summed E-state index contributed by atoms with van der Waals surface area (Å²) in [7, 11) is 0.110. The molecule has 0 heterocycles. The van der Waals surface area contributed by atoms with Crippen molar-refractivity contribution in [2.45, 2.75) is 20.8 Å². The second-order valence-electron chi connectivity index (χ2n) is 4.00. The molecule has 0 spiro atoms. The molecule has 0 atom stereocenters. The van der Waals surface area contributed by atoms with Gasteiger partial charge in [0.15, 0.2) is 8.46 Å². The molecule has 0 saturated heterocycles. The van der Waals surface area contributed by atoms with E-state index < -0.39 is 0 Å². The highest BCUT2D eigenvalue weighted by atomic mass is 31.1. The highest BCUT2D eigenvalue weighted by Crippen LogP contribution is 2.22. The minimum Gasteiger partial charge on any atom is -0.269 e. The van der Waals surface area contributed by atoms with Crippen LogP contribution in [0.4, 0.5) is 0 Å². The molecule has 2 heteroatoms. The first-order valence-corrected chi connectivity index (χ1v) is 5.78. The second kappa shape index (κ2) is 3.75. The molecule has 0 aliphatic carbocycles. The van der Waals surface area contributed by atoms with Crippen molar-refractivity contribution in [3.05, 3.63) is 41.0 Å². The zero-order chi connectivity index (χ0) is 11.0. The molecule has 0 fully saturated rings. The predicted octanol–water partition coefficient (Wildman–Crippen LogP) is 3.68. The predicted molar refractivity (Wildman–Crippen MR) is 65.4 cm³/mol. The van der Waals surface area contributed by atoms with Gasteiger partial charge in [-0.05, 0) is 42.7 Å². The van der Waals surface area contributed by atoms with Crippen LogP contribution in [0.5, 0.6) is 0 Å². The van der Waals surface area contributed by atoms with Crippen molar-refractivity contribution in [3.8, 4) is 0 Å². The Bertz CT molecular complexity index is 544. The zero-order valence-electron chi connectivity index (χ0n) is 9.16. The first-order valence-electron chi connectivity index (χ1n) is 4.97. The lowest BCUT2D eigenvalue weighted by Gasteiger charge is -2.08. The van der Waals surface area contributed by atoms with Gasteiger partial charge in [-0.15, -0.1) is 0 Å². The normalized spacial score (nSPS) is 11.1. The van der Waals surface area contributed by atoms with Gasteiger partial charge in [0.1, 0.15) is 0 Å². The molecule has 2 aromatic carbocycles. The standard InChI is InChI=1S/C13H13OP/c1-8-6-10(3)12-11(7-8)5-4-9(2)13(12)15-14/h4-7H,1-3H3. The molecular formula is C13H13OP. The fraction of sp³-hybridized carbons (Fsp3) is 0.231. The van der Waals surface area contributed by atoms with E-state index >= 15 is 0 Å². The van der Waals surface area contributed by atoms with Crippen LogP contribution in [0.3, 0.4) is 0 Å². The Morgan fingerprint density at radius 3 is 2.40 bits per heavy atom. The Kier molecular flexibility index (Phi) is 2.58. The minimum absolute atomic E-state index is 0.110. The number of fused-ring (bicyclic) bond motifs is 1. The van der Waals surface area contributed by atoms with Gasteiger partial charge in [0.25, 0.3) is 0 Å². The van der Waals surface area contributed by atoms with Gasteiger partial charge in [-0.3, -0.25) is 4.57 Å². The van der Waals surface area contributed by atoms with Gasteiger partial charge in [-0.1, -0.05) is 29.8 Å². The summed E-state index contributed by atoms with van der Waals surface area (Å²) in [5.41, 5.74) is 3.54. The molecule has 2 aromatic rings. The van der Waals surface area contributed by atoms with E-state index in [1.807, 2.05) is 13.0 Å². The maximum absolute atomic E-state index is 11.2. The number of aryl methyl sites for hydroxylation is 3. The van der Waals surface area contributed by atoms with Crippen molar-refractivity contribution in [1.82, 2.24) is 0 Å². The molecule has 0 N–H and O–H groups in total. The van der Waals surface area contributed by atoms with Gasteiger partial charge in [0.05, 0.1) is 5.30 Å². The van der Waals surface area contributed by atoms with E-state index in [9.17, 15) is 4.57 Å². The first-order chi connectivity index (χ1) is 7.13. The van der Waals surface area contributed by atoms with E-state index in [1.54, 1.807) is 0 Å². The summed E-state index contributed by atoms with van der Waals surface area (Å²) in [6.07, 6.45) is 0. The van der Waals surface area contributed by atoms with Crippen LogP contribution in [0.25, 0.3) is 10.8 Å². The van der Waals surface area contributed by atoms with Crippen LogP contribution in [0, 0.1) is 20.8 Å². The van der Waals surface area contributed by atoms with Crippen molar-refractivity contribution in [3.63, 3.8) is 0 Å². The fourth-order valence-corrected chi connectivity index (χ4v) is 2.68. The lowest BCUT2D eigenvalue weighted by molar-refractivity contribution is 0.603. The maximum atomic E-state index is 11.2. The molecular weight excluding hydrogens is 203 g/mol. The molecule has 1 nitrogen and oxygen atoms in total. The van der Waals surface area contributed by atoms with Crippen molar-refractivity contribution in [1.29, 1.82) is 0 Å². The van der Waals surface area contributed by atoms with E-state index in [2.05, 4.69) is 32.0 Å². The van der Waals surface area contributed by atoms with Crippen LogP contribution < -0.4 is 5.30 Å². The topological polar surface area (TPSA) is 17.1 Å². The van der Waals surface area contributed by atoms with Gasteiger partial charge in [0, 0.05) is 0 Å². The summed E-state index contributed by atoms with van der Waals surface area (Å²) in [6.45, 7) is 6.16. The third-order valence-corrected chi connectivity index (χ3v) is 3.48. The van der Waals surface area contributed by atoms with Crippen LogP contribution >= 0.6 is 8.46 Å². The maximum Gasteiger partial charge on any atom is 0.193 e. The highest BCUT2D eigenvalue weighted by molar-refractivity contribution is 7.35. The van der Waals surface area contributed by atoms with Crippen LogP contribution in [0.2, 0.25) is 0 Å². The molecule has 0 bridgehead atoms. The smallest absolute Gasteiger partial charge is 0.193 e. The lowest BCUT2D eigenvalue weighted by atomic mass is 10.0. The molecule has 0 aliphatic heterocycles. The number of hydrogen-bond donors (Lipinski definition) is 0. The Hall–Kier alpha value is -1.20. The monoisotopic (exact) mass is 216 g/mol. The SMILES string of the molecule is Cc1cc(C)c2c(P=O)c(C)ccc2c1. The summed E-state index contributed by atoms with van der Waals surface area (Å²) in [5, 5.41) is 3.23. The zero-order valence-corrected chi connectivity index (χ0v) is 10.1. The van der Waals surface area contributed by atoms with Crippen LogP contribution in [0.1, 0.15) is 16.7 Å². The van der Waals surface area contributed by atoms with E-state index in [0.717, 1.165) is 16.3 Å². The van der Waals surface area contributed by atoms with Gasteiger partial charge in [0.2, 0.25) is 0 Å². The van der Waals surface area contributed by atoms with Crippen molar-refractivity contribution in [2.75, 3.05) is 0 Å². The number of benzene rings is 2. The number of hydrogen-bond acceptors (Lipinski definition) is 1. The third-order valence-electron chi connectivity index (χ3n) is 2.72. The largest absolute Gasteiger partial charge is 0.269 e. The fourth-order valence-electron chi connectivity index (χ4n) is 2.06. The molecule has 0 radical (unpaired) electrons. The molecule has 0 saturated carbocycles. The highest BCUT2D eigenvalue weighted by Gasteiger charge is 2.07. The summed E-state index contributed by atoms with van der Waals surface area (Å²) >= 11 is 0. The number of rotatable bonds is 1. The quantitative estimate of drug-likeness (QED) is 0.664. The van der Waals surface area contributed by atoms with E-state index in [4.69, 9.17) is 0 Å². The van der Waals surface area contributed by atoms with E-state index in [0.29, 0.717) is 0 Å². The summed E-state index contributed by atoms with van der Waals surface area (Å²) < 4.78 is 11.2. The first kappa shape index (κ1) is 10.3. The molecule has 0 amide bonds. The average molecular weight is 216 g/mol. The van der Waals surface area contributed by atoms with Crippen LogP contribution in [-0.4, -0.2) is 0 Å². The van der Waals surface area contributed by atoms with Gasteiger partial charge >= 0.3 is 0 Å². The molecule has 0 unspecified atom stereocenters. The molecule has 0 aliphatic rings. The van der Waals surface area contributed by atoms with Crippen LogP contribution in [0.15, 0.2) is 24.3 Å². The van der Waals surface area contributed by atoms with Crippen molar-refractivity contribution in [2.24, 2.45) is 0 Å². The Balaban J connectivity index is 2.97. The minimum atomic E-state index is 0.110. The third kappa shape index (κ3) is 1.68. The molecule has 0 aromatic heterocycles. The molecule has 76 valence electrons. The second-order valence-corrected chi connectivity index (χ2v) is 4.63. The Morgan fingerprint density at radius 1 is 1.00 bits per heavy atom. The van der Waals surface area contributed by atoms with E-state index in [1.165, 1.54) is 16.5 Å². The Morgan fingerprint density at radius 2 is 1.73 bits per heavy atom.